The number of nitrogens with one attached hydrogen (secondary N) is 1. The number of carbonyl (C=O) groups excluding carboxylic acids is 2. The monoisotopic (exact) mass is 702 g/mol. The number of hydrazine groups is 1. The number of halogens is 3. The summed E-state index contributed by atoms with van der Waals surface area (Å²) in [4.78, 5) is 29.5. The number of benzene rings is 3. The Hall–Kier alpha value is -5.45. The second kappa shape index (κ2) is 15.2. The van der Waals surface area contributed by atoms with E-state index in [-0.39, 0.29) is 39.1 Å². The maximum atomic E-state index is 13.6. The van der Waals surface area contributed by atoms with Gasteiger partial charge in [0.25, 0.3) is 22.7 Å². The van der Waals surface area contributed by atoms with Gasteiger partial charge in [-0.2, -0.15) is 18.3 Å². The molecule has 0 spiro atoms. The Labute approximate surface area is 280 Å². The van der Waals surface area contributed by atoms with Crippen molar-refractivity contribution in [3.8, 4) is 16.9 Å². The molecule has 0 unspecified atom stereocenters. The largest absolute Gasteiger partial charge is 0.569 e. The Morgan fingerprint density at radius 2 is 1.67 bits per heavy atom. The van der Waals surface area contributed by atoms with Crippen molar-refractivity contribution in [2.45, 2.75) is 44.3 Å². The molecular formula is C32H33F3N6O7S. The fraction of sp³-hybridized carbons (Fsp3) is 0.281. The van der Waals surface area contributed by atoms with Crippen LogP contribution in [0.3, 0.4) is 0 Å². The molecule has 1 atom stereocenters. The molecule has 260 valence electrons. The van der Waals surface area contributed by atoms with Crippen molar-refractivity contribution in [3.05, 3.63) is 107 Å². The number of hydrogen-bond acceptors (Lipinski definition) is 9. The molecule has 1 amide bonds. The van der Waals surface area contributed by atoms with Crippen LogP contribution in [0.15, 0.2) is 95.1 Å². The Kier molecular flexibility index (Phi) is 11.3. The first-order chi connectivity index (χ1) is 23.1. The van der Waals surface area contributed by atoms with Crippen LogP contribution in [0.4, 0.5) is 13.2 Å². The Balaban J connectivity index is 1.49. The standard InChI is InChI=1S/C32H33F3N6O7S/c1-21(2)18-28(39(4)41(44)38-48-20-47-31(43)24-8-6-5-7-9-24)30(42)37-49(45,46)26-16-14-25(15-17-26)40-27(19-29(36-40)32(33,34)35)23-12-10-22(3)11-13-23/h5-17,19,21,28H,18,20H2,1-4H3,(H,37,42)/b41-38-/t28-/m0/s1. The van der Waals surface area contributed by atoms with E-state index in [1.807, 2.05) is 11.6 Å². The zero-order chi connectivity index (χ0) is 35.9. The van der Waals surface area contributed by atoms with Crippen LogP contribution in [0, 0.1) is 18.0 Å². The molecule has 1 heterocycles. The Morgan fingerprint density at radius 1 is 1.04 bits per heavy atom. The highest BCUT2D eigenvalue weighted by atomic mass is 32.2. The number of hydrogen-bond donors (Lipinski definition) is 1. The van der Waals surface area contributed by atoms with Crippen molar-refractivity contribution >= 4 is 21.9 Å². The number of sulfonamides is 1. The summed E-state index contributed by atoms with van der Waals surface area (Å²) < 4.78 is 75.0. The lowest BCUT2D eigenvalue weighted by Crippen LogP contribution is -2.49. The van der Waals surface area contributed by atoms with Crippen LogP contribution in [0.5, 0.6) is 0 Å². The summed E-state index contributed by atoms with van der Waals surface area (Å²) in [6, 6.07) is 19.0. The average molecular weight is 703 g/mol. The van der Waals surface area contributed by atoms with Gasteiger partial charge in [-0.3, -0.25) is 4.79 Å². The number of rotatable bonds is 13. The molecular weight excluding hydrogens is 669 g/mol. The van der Waals surface area contributed by atoms with Crippen LogP contribution < -0.4 is 4.72 Å². The van der Waals surface area contributed by atoms with Gasteiger partial charge in [0.1, 0.15) is 0 Å². The molecule has 0 bridgehead atoms. The van der Waals surface area contributed by atoms with Crippen LogP contribution in [0.1, 0.15) is 41.9 Å². The highest BCUT2D eigenvalue weighted by molar-refractivity contribution is 7.90. The van der Waals surface area contributed by atoms with Gasteiger partial charge in [-0.1, -0.05) is 61.9 Å². The van der Waals surface area contributed by atoms with E-state index in [0.717, 1.165) is 33.5 Å². The van der Waals surface area contributed by atoms with Crippen LogP contribution >= 0.6 is 0 Å². The number of aryl methyl sites for hydroxylation is 1. The summed E-state index contributed by atoms with van der Waals surface area (Å²) >= 11 is 0. The first-order valence-electron chi connectivity index (χ1n) is 14.7. The molecule has 13 nitrogen and oxygen atoms in total. The van der Waals surface area contributed by atoms with E-state index >= 15 is 0 Å². The van der Waals surface area contributed by atoms with Crippen molar-refractivity contribution in [1.29, 1.82) is 0 Å². The number of nitrogens with zero attached hydrogens (tertiary/aromatic N) is 5. The number of aromatic nitrogens is 2. The molecule has 4 aromatic rings. The van der Waals surface area contributed by atoms with E-state index < -0.39 is 46.6 Å². The van der Waals surface area contributed by atoms with E-state index in [4.69, 9.17) is 9.57 Å². The third-order valence-corrected chi connectivity index (χ3v) is 8.43. The fourth-order valence-electron chi connectivity index (χ4n) is 4.54. The number of carbonyl (C=O) groups is 2. The highest BCUT2D eigenvalue weighted by Gasteiger charge is 2.36. The zero-order valence-electron chi connectivity index (χ0n) is 26.8. The molecule has 0 radical (unpaired) electrons. The SMILES string of the molecule is Cc1ccc(-c2cc(C(F)(F)F)nn2-c2ccc(S(=O)(=O)NC(=O)[C@H](CC(C)C)N(C)/[N+]([O-])=N/OCOC(=O)c3ccccc3)cc2)cc1. The molecule has 0 aliphatic rings. The number of amides is 1. The average Bonchev–Trinajstić information content (AvgIpc) is 3.52. The summed E-state index contributed by atoms with van der Waals surface area (Å²) in [5.41, 5.74) is 0.724. The predicted octanol–water partition coefficient (Wildman–Crippen LogP) is 5.64. The lowest BCUT2D eigenvalue weighted by Gasteiger charge is -2.24. The van der Waals surface area contributed by atoms with Crippen LogP contribution in [-0.4, -0.2) is 59.9 Å². The van der Waals surface area contributed by atoms with Gasteiger partial charge in [-0.05, 0) is 61.7 Å². The van der Waals surface area contributed by atoms with E-state index in [0.29, 0.717) is 5.56 Å². The van der Waals surface area contributed by atoms with E-state index in [1.165, 1.54) is 31.3 Å². The lowest BCUT2D eigenvalue weighted by molar-refractivity contribution is -0.711. The van der Waals surface area contributed by atoms with Crippen molar-refractivity contribution < 1.29 is 45.7 Å². The lowest BCUT2D eigenvalue weighted by atomic mass is 10.0. The van der Waals surface area contributed by atoms with Gasteiger partial charge in [-0.15, -0.1) is 5.01 Å². The minimum atomic E-state index is -4.73. The maximum Gasteiger partial charge on any atom is 0.435 e. The number of ether oxygens (including phenoxy) is 1. The molecule has 0 aliphatic heterocycles. The fourth-order valence-corrected chi connectivity index (χ4v) is 5.55. The molecule has 1 aromatic heterocycles. The quantitative estimate of drug-likeness (QED) is 0.0465. The van der Waals surface area contributed by atoms with Crippen LogP contribution in [-0.2, 0) is 30.6 Å². The van der Waals surface area contributed by atoms with Crippen molar-refractivity contribution in [2.24, 2.45) is 11.2 Å². The smallest absolute Gasteiger partial charge is 0.435 e. The van der Waals surface area contributed by atoms with Crippen molar-refractivity contribution in [1.82, 2.24) is 19.5 Å². The van der Waals surface area contributed by atoms with Gasteiger partial charge in [0, 0.05) is 5.56 Å². The molecule has 3 aromatic carbocycles. The summed E-state index contributed by atoms with van der Waals surface area (Å²) in [5.74, 6) is -1.96. The van der Waals surface area contributed by atoms with E-state index in [1.54, 1.807) is 56.3 Å². The minimum Gasteiger partial charge on any atom is -0.569 e. The highest BCUT2D eigenvalue weighted by Crippen LogP contribution is 2.33. The number of esters is 1. The summed E-state index contributed by atoms with van der Waals surface area (Å²) in [6.07, 6.45) is -4.71. The number of likely N-dealkylation sites (N-methyl/N-ethyl adjacent to an activating group) is 1. The topological polar surface area (TPSA) is 158 Å². The second-order valence-corrected chi connectivity index (χ2v) is 12.9. The summed E-state index contributed by atoms with van der Waals surface area (Å²) in [5, 5.41) is 20.4. The van der Waals surface area contributed by atoms with Gasteiger partial charge >= 0.3 is 12.1 Å². The van der Waals surface area contributed by atoms with Crippen molar-refractivity contribution in [3.63, 3.8) is 0 Å². The first kappa shape index (κ1) is 36.4. The Bertz CT molecular complexity index is 1900. The van der Waals surface area contributed by atoms with Gasteiger partial charge < -0.3 is 14.8 Å². The third-order valence-electron chi connectivity index (χ3n) is 7.07. The minimum absolute atomic E-state index is 0.0245. The van der Waals surface area contributed by atoms with Crippen LogP contribution in [0.2, 0.25) is 0 Å². The third kappa shape index (κ3) is 9.34. The zero-order valence-corrected chi connectivity index (χ0v) is 27.6. The predicted molar refractivity (Wildman–Crippen MR) is 169 cm³/mol. The molecule has 4 rings (SSSR count). The van der Waals surface area contributed by atoms with Gasteiger partial charge in [0.2, 0.25) is 5.28 Å². The summed E-state index contributed by atoms with van der Waals surface area (Å²) in [6.45, 7) is 4.61. The van der Waals surface area contributed by atoms with Crippen LogP contribution in [0.25, 0.3) is 16.9 Å². The normalized spacial score (nSPS) is 12.8. The van der Waals surface area contributed by atoms with Gasteiger partial charge in [-0.25, -0.2) is 22.6 Å². The van der Waals surface area contributed by atoms with Gasteiger partial charge in [0.05, 0.1) is 33.9 Å². The van der Waals surface area contributed by atoms with Crippen molar-refractivity contribution in [2.75, 3.05) is 13.8 Å². The summed E-state index contributed by atoms with van der Waals surface area (Å²) in [7, 11) is -3.33. The van der Waals surface area contributed by atoms with Gasteiger partial charge in [0.15, 0.2) is 11.7 Å². The number of alkyl halides is 3. The molecule has 0 saturated heterocycles. The Morgan fingerprint density at radius 3 is 2.27 bits per heavy atom. The molecule has 0 saturated carbocycles. The van der Waals surface area contributed by atoms with E-state index in [9.17, 15) is 36.4 Å². The molecule has 1 N–H and O–H groups in total. The molecule has 0 fully saturated rings. The first-order valence-corrected chi connectivity index (χ1v) is 16.2. The molecule has 17 heteroatoms. The van der Waals surface area contributed by atoms with E-state index in [2.05, 4.69) is 10.4 Å². The maximum absolute atomic E-state index is 13.6. The molecule has 0 aliphatic carbocycles. The second-order valence-electron chi connectivity index (χ2n) is 11.3. The molecule has 49 heavy (non-hydrogen) atoms.